The minimum absolute atomic E-state index is 0.0283. The lowest BCUT2D eigenvalue weighted by Crippen LogP contribution is -2.64. The van der Waals surface area contributed by atoms with Crippen LogP contribution in [0, 0.1) is 11.3 Å². The molecule has 0 saturated heterocycles. The molecule has 852 valence electrons. The number of benzene rings is 1. The number of phenols is 1. The molecule has 0 aliphatic carbocycles. The highest BCUT2D eigenvalue weighted by Gasteiger charge is 2.38. The van der Waals surface area contributed by atoms with Gasteiger partial charge in [0.25, 0.3) is 23.6 Å². The van der Waals surface area contributed by atoms with Crippen molar-refractivity contribution in [2.75, 3.05) is 283 Å². The Kier molecular flexibility index (Phi) is 78.1. The second kappa shape index (κ2) is 87.0. The van der Waals surface area contributed by atoms with Gasteiger partial charge in [-0.1, -0.05) is 33.8 Å². The summed E-state index contributed by atoms with van der Waals surface area (Å²) in [7, 11) is 1.68. The zero-order chi connectivity index (χ0) is 109. The normalized spacial score (nSPS) is 13.6. The van der Waals surface area contributed by atoms with Gasteiger partial charge in [0.1, 0.15) is 29.5 Å². The van der Waals surface area contributed by atoms with E-state index in [0.29, 0.717) is 236 Å². The first-order chi connectivity index (χ1) is 71.9. The molecule has 0 bridgehead atoms. The van der Waals surface area contributed by atoms with E-state index in [1.165, 1.54) is 6.07 Å². The number of hydrogen-bond donors (Lipinski definition) is 12. The predicted molar refractivity (Wildman–Crippen MR) is 548 cm³/mol. The molecule has 2 aliphatic rings. The lowest BCUT2D eigenvalue weighted by molar-refractivity contribution is -0.140. The monoisotopic (exact) mass is 2130 g/mol. The number of methoxy groups -OCH3 is 1. The van der Waals surface area contributed by atoms with Crippen molar-refractivity contribution in [1.29, 1.82) is 0 Å². The van der Waals surface area contributed by atoms with Crippen LogP contribution in [0.25, 0.3) is 0 Å². The zero-order valence-corrected chi connectivity index (χ0v) is 89.5. The summed E-state index contributed by atoms with van der Waals surface area (Å²) in [5.41, 5.74) is 0.0206. The Balaban J connectivity index is 1.55. The molecule has 12 N–H and O–H groups in total. The molecule has 2 heterocycles. The van der Waals surface area contributed by atoms with Crippen LogP contribution >= 0.6 is 0 Å². The van der Waals surface area contributed by atoms with E-state index in [9.17, 15) is 72.2 Å². The number of ether oxygens (including phenoxy) is 18. The molecule has 149 heavy (non-hydrogen) atoms. The summed E-state index contributed by atoms with van der Waals surface area (Å²) in [5.74, 6) is -9.28. The number of imide groups is 2. The number of anilines is 1. The Morgan fingerprint density at radius 1 is 0.342 bits per heavy atom. The van der Waals surface area contributed by atoms with E-state index < -0.39 is 127 Å². The fourth-order valence-electron chi connectivity index (χ4n) is 14.0. The standard InChI is InChI=1S/C103H176N12O34/c1-80(102(2,3)4)77-82(109-101(131)149-103(5,6)7)78-81-28-29-85(117)84(79-81)111-89(121)26-12-37-106-98(128)83(23-9-10-36-104-87(119)27-14-45-133-47-16-49-135-51-18-53-137-55-20-57-139-59-22-60-140-58-21-56-138-54-19-52-136-50-17-48-134-46-15-44-132-8)110-88(120)25-13-39-108-100(130)97(113-91(123)35-42-115-94(126)32-33-95(115)127)96(112-90(122)34-41-114-92(124)30-31-93(114)125)99(129)107-38-11-24-86(118)105-40-61-141-63-65-143-67-69-145-71-73-147-75-76-148-74-72-146-70-68-144-66-64-142-62-43-116/h28-33,79-80,82-83,96-97,116-117H,9-27,34-78H2,1-8H3,(H,104,119)(H,105,118)(H,106,128)(H,107,129)(H,108,130)(H,109,131)(H,110,120)(H,111,121)(H,112,122)(H,113,123)/t80-,82+,83-,96+,97-/m0/s1. The average molecular weight is 2130 g/mol. The van der Waals surface area contributed by atoms with Gasteiger partial charge in [0.15, 0.2) is 0 Å². The highest BCUT2D eigenvalue weighted by molar-refractivity contribution is 6.14. The zero-order valence-electron chi connectivity index (χ0n) is 89.5. The van der Waals surface area contributed by atoms with Gasteiger partial charge in [-0.05, 0) is 159 Å². The summed E-state index contributed by atoms with van der Waals surface area (Å²) < 4.78 is 99.6. The summed E-state index contributed by atoms with van der Waals surface area (Å²) in [4.78, 5) is 188. The van der Waals surface area contributed by atoms with Crippen molar-refractivity contribution in [2.24, 2.45) is 11.3 Å². The number of aliphatic hydroxyl groups excluding tert-OH is 1. The molecule has 0 fully saturated rings. The molecule has 46 heteroatoms. The fraction of sp³-hybridized carbons (Fsp3) is 0.767. The topological polar surface area (TPSA) is 572 Å². The second-order valence-corrected chi connectivity index (χ2v) is 37.3. The molecule has 0 unspecified atom stereocenters. The van der Waals surface area contributed by atoms with Gasteiger partial charge in [-0.2, -0.15) is 0 Å². The van der Waals surface area contributed by atoms with Crippen LogP contribution in [0.3, 0.4) is 0 Å². The van der Waals surface area contributed by atoms with Crippen molar-refractivity contribution >= 4 is 88.6 Å². The number of rotatable bonds is 98. The molecule has 0 aromatic heterocycles. The number of phenolic OH excluding ortho intramolecular Hbond substituents is 1. The maximum absolute atomic E-state index is 14.5. The maximum Gasteiger partial charge on any atom is 0.407 e. The highest BCUT2D eigenvalue weighted by atomic mass is 16.6. The Hall–Kier alpha value is -9.44. The van der Waals surface area contributed by atoms with Crippen LogP contribution < -0.4 is 53.2 Å². The Labute approximate surface area is 878 Å². The van der Waals surface area contributed by atoms with Crippen LogP contribution in [0.5, 0.6) is 5.75 Å². The maximum atomic E-state index is 14.5. The minimum atomic E-state index is -1.97. The molecule has 5 atom stereocenters. The lowest BCUT2D eigenvalue weighted by Gasteiger charge is -2.32. The molecule has 0 saturated carbocycles. The van der Waals surface area contributed by atoms with Crippen molar-refractivity contribution < 1.29 is 163 Å². The third-order valence-electron chi connectivity index (χ3n) is 22.4. The number of nitrogens with zero attached hydrogens (tertiary/aromatic N) is 2. The first-order valence-corrected chi connectivity index (χ1v) is 52.7. The van der Waals surface area contributed by atoms with Crippen LogP contribution in [0.1, 0.15) is 195 Å². The van der Waals surface area contributed by atoms with Crippen LogP contribution in [-0.2, 0) is 154 Å². The predicted octanol–water partition coefficient (Wildman–Crippen LogP) is 3.82. The van der Waals surface area contributed by atoms with Crippen LogP contribution in [-0.4, -0.2) is 410 Å². The summed E-state index contributed by atoms with van der Waals surface area (Å²) in [6.07, 6.45) is 10.7. The van der Waals surface area contributed by atoms with Crippen LogP contribution in [0.15, 0.2) is 42.5 Å². The molecule has 0 spiro atoms. The van der Waals surface area contributed by atoms with Gasteiger partial charge in [-0.15, -0.1) is 0 Å². The summed E-state index contributed by atoms with van der Waals surface area (Å²) >= 11 is 0. The summed E-state index contributed by atoms with van der Waals surface area (Å²) in [6.45, 7) is 28.5. The van der Waals surface area contributed by atoms with Gasteiger partial charge in [0, 0.05) is 234 Å². The van der Waals surface area contributed by atoms with E-state index in [1.54, 1.807) is 40.0 Å². The Morgan fingerprint density at radius 3 is 1.05 bits per heavy atom. The van der Waals surface area contributed by atoms with Crippen molar-refractivity contribution in [2.45, 2.75) is 226 Å². The summed E-state index contributed by atoms with van der Waals surface area (Å²) in [6, 6.07) is -0.663. The minimum Gasteiger partial charge on any atom is -0.506 e. The van der Waals surface area contributed by atoms with E-state index in [-0.39, 0.29) is 152 Å². The van der Waals surface area contributed by atoms with Gasteiger partial charge in [-0.3, -0.25) is 72.1 Å². The number of amides is 14. The number of hydrogen-bond acceptors (Lipinski definition) is 34. The van der Waals surface area contributed by atoms with E-state index in [4.69, 9.17) is 90.4 Å². The van der Waals surface area contributed by atoms with Gasteiger partial charge in [0.2, 0.25) is 53.2 Å². The molecule has 0 radical (unpaired) electrons. The molecule has 1 aromatic carbocycles. The van der Waals surface area contributed by atoms with Gasteiger partial charge in [-0.25, -0.2) is 4.79 Å². The van der Waals surface area contributed by atoms with E-state index >= 15 is 0 Å². The third-order valence-corrected chi connectivity index (χ3v) is 22.4. The van der Waals surface area contributed by atoms with Crippen molar-refractivity contribution in [3.63, 3.8) is 0 Å². The van der Waals surface area contributed by atoms with Crippen LogP contribution in [0.2, 0.25) is 0 Å². The average Bonchev–Trinajstić information content (AvgIpc) is 1.62. The van der Waals surface area contributed by atoms with E-state index in [2.05, 4.69) is 80.9 Å². The molecule has 46 nitrogen and oxygen atoms in total. The number of aromatic hydroxyl groups is 1. The number of aliphatic hydroxyl groups is 1. The van der Waals surface area contributed by atoms with Gasteiger partial charge >= 0.3 is 6.09 Å². The Bertz CT molecular complexity index is 3900. The van der Waals surface area contributed by atoms with Crippen LogP contribution in [0.4, 0.5) is 10.5 Å². The number of carbonyl (C=O) groups is 14. The largest absolute Gasteiger partial charge is 0.506 e. The van der Waals surface area contributed by atoms with Gasteiger partial charge < -0.3 is 149 Å². The summed E-state index contributed by atoms with van der Waals surface area (Å²) in [5, 5.41) is 46.6. The molecule has 3 rings (SSSR count). The molecule has 2 aliphatic heterocycles. The van der Waals surface area contributed by atoms with Crippen molar-refractivity contribution in [3.05, 3.63) is 48.1 Å². The lowest BCUT2D eigenvalue weighted by atomic mass is 9.78. The molecular formula is C103H176N12O34. The number of nitrogens with one attached hydrogen (secondary N) is 10. The smallest absolute Gasteiger partial charge is 0.407 e. The first-order valence-electron chi connectivity index (χ1n) is 52.7. The van der Waals surface area contributed by atoms with E-state index in [1.807, 2.05) is 0 Å². The van der Waals surface area contributed by atoms with Crippen molar-refractivity contribution in [1.82, 2.24) is 57.7 Å². The number of unbranched alkanes of at least 4 members (excludes halogenated alkanes) is 1. The highest BCUT2D eigenvalue weighted by Crippen LogP contribution is 2.32. The second-order valence-electron chi connectivity index (χ2n) is 37.3. The fourth-order valence-corrected chi connectivity index (χ4v) is 14.0. The Morgan fingerprint density at radius 2 is 0.671 bits per heavy atom. The van der Waals surface area contributed by atoms with E-state index in [0.717, 1.165) is 79.0 Å². The van der Waals surface area contributed by atoms with Crippen molar-refractivity contribution in [3.8, 4) is 5.75 Å². The first kappa shape index (κ1) is 134. The molecular weight excluding hydrogens is 1950 g/mol. The third kappa shape index (κ3) is 72.7. The number of carbonyl (C=O) groups excluding carboxylic acids is 14. The van der Waals surface area contributed by atoms with Gasteiger partial charge in [0.05, 0.1) is 118 Å². The quantitative estimate of drug-likeness (QED) is 0.0250. The SMILES string of the molecule is COCCCOCCCOCCCOCCCOCCCOCCCOCCCOCCCOCCCC(=O)NCCCC[C@H](NC(=O)CCCNC(=O)[C@@H](NC(=O)CCN1C(=O)C=CC1=O)[C@@H](NC(=O)CCN1C(=O)C=CC1=O)C(=O)NCCCC(=O)NCCOCCOCCOCCOCCOCCOCCOCCOCCO)C(=O)NCCCC(=O)Nc1cc(C[C@@H](C[C@H](C)C(C)(C)C)NC(=O)OC(C)(C)C)ccc1O. The number of alkyl carbamates (subject to hydrolysis) is 1. The molecule has 1 aromatic rings. The molecule has 14 amide bonds.